The number of benzene rings is 1. The number of H-pyrrole nitrogens is 1. The molecule has 0 aliphatic carbocycles. The summed E-state index contributed by atoms with van der Waals surface area (Å²) in [4.78, 5) is 23.4. The van der Waals surface area contributed by atoms with Gasteiger partial charge >= 0.3 is 5.97 Å². The Hall–Kier alpha value is -3.28. The zero-order chi connectivity index (χ0) is 28.4. The summed E-state index contributed by atoms with van der Waals surface area (Å²) in [5.74, 6) is -0.979. The van der Waals surface area contributed by atoms with Gasteiger partial charge in [0, 0.05) is 62.5 Å². The van der Waals surface area contributed by atoms with Crippen molar-refractivity contribution in [2.24, 2.45) is 5.41 Å². The predicted octanol–water partition coefficient (Wildman–Crippen LogP) is 4.45. The van der Waals surface area contributed by atoms with Gasteiger partial charge in [-0.05, 0) is 46.0 Å². The Morgan fingerprint density at radius 2 is 1.82 bits per heavy atom. The third kappa shape index (κ3) is 6.06. The fourth-order valence-electron chi connectivity index (χ4n) is 5.48. The number of hydrogen-bond donors (Lipinski definition) is 3. The van der Waals surface area contributed by atoms with Crippen LogP contribution in [-0.2, 0) is 17.8 Å². The number of piperidine rings is 1. The molecule has 2 aliphatic rings. The Bertz CT molecular complexity index is 1370. The number of aromatic amines is 1. The van der Waals surface area contributed by atoms with Crippen LogP contribution < -0.4 is 10.2 Å². The number of nitrogens with one attached hydrogen (secondary N) is 2. The van der Waals surface area contributed by atoms with Crippen LogP contribution in [0.25, 0.3) is 0 Å². The van der Waals surface area contributed by atoms with Crippen molar-refractivity contribution in [1.82, 2.24) is 25.0 Å². The van der Waals surface area contributed by atoms with Crippen molar-refractivity contribution in [2.75, 3.05) is 56.5 Å². The fourth-order valence-corrected chi connectivity index (χ4v) is 5.67. The fraction of sp³-hybridized carbons (Fsp3) is 0.464. The van der Waals surface area contributed by atoms with Crippen LogP contribution in [0.15, 0.2) is 30.3 Å². The van der Waals surface area contributed by atoms with Crippen LogP contribution in [0, 0.1) is 24.0 Å². The molecule has 0 radical (unpaired) electrons. The van der Waals surface area contributed by atoms with Crippen molar-refractivity contribution in [2.45, 2.75) is 32.7 Å². The van der Waals surface area contributed by atoms with E-state index >= 15 is 4.39 Å². The number of carbonyl (C=O) groups is 1. The van der Waals surface area contributed by atoms with Crippen LogP contribution >= 0.6 is 11.6 Å². The number of aryl methyl sites for hydroxylation is 1. The average molecular weight is 574 g/mol. The lowest BCUT2D eigenvalue weighted by molar-refractivity contribution is -0.152. The highest BCUT2D eigenvalue weighted by Crippen LogP contribution is 2.38. The van der Waals surface area contributed by atoms with E-state index in [1.54, 1.807) is 18.2 Å². The van der Waals surface area contributed by atoms with E-state index in [9.17, 15) is 14.3 Å². The predicted molar refractivity (Wildman–Crippen MR) is 150 cm³/mol. The van der Waals surface area contributed by atoms with Gasteiger partial charge in [0.15, 0.2) is 11.6 Å². The maximum Gasteiger partial charge on any atom is 0.310 e. The molecule has 40 heavy (non-hydrogen) atoms. The Labute approximate surface area is 237 Å². The maximum atomic E-state index is 16.1. The standard InChI is InChI=1S/C28H34ClF2N7O2/c1-18-14-24(35-34-18)33-23-15-22(38-12-10-36(2)11-13-38)26(31)21(32-23)16-28(27(39)40)6-8-37(9-7-28)17-19-4-3-5-20(29)25(19)30/h3-5,14-15H,6-13,16-17H2,1-2H3,(H,39,40)(H2,32,33,34,35). The van der Waals surface area contributed by atoms with Gasteiger partial charge in [-0.3, -0.25) is 14.8 Å². The molecule has 0 saturated carbocycles. The minimum absolute atomic E-state index is 0.0522. The third-order valence-corrected chi connectivity index (χ3v) is 8.30. The Kier molecular flexibility index (Phi) is 8.25. The van der Waals surface area contributed by atoms with Gasteiger partial charge in [0.25, 0.3) is 0 Å². The van der Waals surface area contributed by atoms with E-state index in [4.69, 9.17) is 11.6 Å². The number of pyridine rings is 1. The molecule has 214 valence electrons. The molecule has 2 aliphatic heterocycles. The number of piperazine rings is 1. The molecule has 2 aromatic heterocycles. The lowest BCUT2D eigenvalue weighted by Gasteiger charge is -2.39. The number of carboxylic acid groups (broad SMARTS) is 1. The molecule has 3 N–H and O–H groups in total. The van der Waals surface area contributed by atoms with E-state index in [0.717, 1.165) is 18.8 Å². The number of aromatic nitrogens is 3. The van der Waals surface area contributed by atoms with Gasteiger partial charge in [-0.15, -0.1) is 0 Å². The van der Waals surface area contributed by atoms with E-state index < -0.39 is 23.0 Å². The second kappa shape index (κ2) is 11.7. The number of aliphatic carboxylic acids is 1. The first-order valence-corrected chi connectivity index (χ1v) is 13.8. The Morgan fingerprint density at radius 3 is 2.48 bits per heavy atom. The van der Waals surface area contributed by atoms with Gasteiger partial charge in [-0.25, -0.2) is 13.8 Å². The lowest BCUT2D eigenvalue weighted by Crippen LogP contribution is -2.46. The van der Waals surface area contributed by atoms with Crippen molar-refractivity contribution in [3.8, 4) is 0 Å². The second-order valence-electron chi connectivity index (χ2n) is 10.9. The van der Waals surface area contributed by atoms with Gasteiger partial charge in [-0.2, -0.15) is 5.10 Å². The van der Waals surface area contributed by atoms with Gasteiger partial charge < -0.3 is 20.2 Å². The van der Waals surface area contributed by atoms with E-state index in [1.165, 1.54) is 6.07 Å². The van der Waals surface area contributed by atoms with Crippen molar-refractivity contribution in [1.29, 1.82) is 0 Å². The summed E-state index contributed by atoms with van der Waals surface area (Å²) in [6.07, 6.45) is 0.515. The topological polar surface area (TPSA) is 101 Å². The minimum Gasteiger partial charge on any atom is -0.481 e. The number of carboxylic acids is 1. The smallest absolute Gasteiger partial charge is 0.310 e. The normalized spacial score (nSPS) is 18.2. The molecular formula is C28H34ClF2N7O2. The van der Waals surface area contributed by atoms with Crippen LogP contribution in [0.4, 0.5) is 26.1 Å². The molecular weight excluding hydrogens is 540 g/mol. The van der Waals surface area contributed by atoms with Crippen LogP contribution in [0.2, 0.25) is 5.02 Å². The Morgan fingerprint density at radius 1 is 1.10 bits per heavy atom. The Balaban J connectivity index is 1.40. The summed E-state index contributed by atoms with van der Waals surface area (Å²) in [6, 6.07) is 8.37. The molecule has 0 bridgehead atoms. The molecule has 0 unspecified atom stereocenters. The summed E-state index contributed by atoms with van der Waals surface area (Å²) >= 11 is 5.93. The minimum atomic E-state index is -1.20. The molecule has 0 spiro atoms. The zero-order valence-corrected chi connectivity index (χ0v) is 23.4. The highest BCUT2D eigenvalue weighted by Gasteiger charge is 2.43. The van der Waals surface area contributed by atoms with E-state index in [0.29, 0.717) is 55.6 Å². The quantitative estimate of drug-likeness (QED) is 0.363. The molecule has 9 nitrogen and oxygen atoms in total. The summed E-state index contributed by atoms with van der Waals surface area (Å²) in [7, 11) is 2.03. The first-order chi connectivity index (χ1) is 19.1. The lowest BCUT2D eigenvalue weighted by atomic mass is 9.74. The highest BCUT2D eigenvalue weighted by molar-refractivity contribution is 6.30. The zero-order valence-electron chi connectivity index (χ0n) is 22.7. The number of likely N-dealkylation sites (tertiary alicyclic amines) is 1. The summed E-state index contributed by atoms with van der Waals surface area (Å²) < 4.78 is 30.5. The largest absolute Gasteiger partial charge is 0.481 e. The van der Waals surface area contributed by atoms with E-state index in [-0.39, 0.29) is 30.0 Å². The van der Waals surface area contributed by atoms with Crippen LogP contribution in [-0.4, -0.2) is 82.4 Å². The summed E-state index contributed by atoms with van der Waals surface area (Å²) in [5.41, 5.74) is 0.647. The first kappa shape index (κ1) is 28.3. The summed E-state index contributed by atoms with van der Waals surface area (Å²) in [5, 5.41) is 20.6. The number of nitrogens with zero attached hydrogens (tertiary/aromatic N) is 5. The maximum absolute atomic E-state index is 16.1. The van der Waals surface area contributed by atoms with Gasteiger partial charge in [-0.1, -0.05) is 23.7 Å². The van der Waals surface area contributed by atoms with Crippen LogP contribution in [0.5, 0.6) is 0 Å². The molecule has 2 fully saturated rings. The van der Waals surface area contributed by atoms with Crippen molar-refractivity contribution < 1.29 is 18.7 Å². The van der Waals surface area contributed by atoms with E-state index in [1.807, 2.05) is 29.8 Å². The van der Waals surface area contributed by atoms with Crippen LogP contribution in [0.3, 0.4) is 0 Å². The number of hydrogen-bond acceptors (Lipinski definition) is 7. The number of halogens is 3. The van der Waals surface area contributed by atoms with Gasteiger partial charge in [0.2, 0.25) is 0 Å². The molecule has 4 heterocycles. The first-order valence-electron chi connectivity index (χ1n) is 13.4. The van der Waals surface area contributed by atoms with Gasteiger partial charge in [0.1, 0.15) is 11.6 Å². The van der Waals surface area contributed by atoms with Crippen molar-refractivity contribution >= 4 is 34.9 Å². The second-order valence-corrected chi connectivity index (χ2v) is 11.3. The molecule has 0 amide bonds. The highest BCUT2D eigenvalue weighted by atomic mass is 35.5. The summed E-state index contributed by atoms with van der Waals surface area (Å²) in [6.45, 7) is 5.94. The number of likely N-dealkylation sites (N-methyl/N-ethyl adjacent to an activating group) is 1. The van der Waals surface area contributed by atoms with Crippen LogP contribution in [0.1, 0.15) is 29.8 Å². The molecule has 2 saturated heterocycles. The molecule has 0 atom stereocenters. The average Bonchev–Trinajstić information content (AvgIpc) is 3.34. The number of rotatable bonds is 8. The SMILES string of the molecule is Cc1cc(Nc2cc(N3CCN(C)CC3)c(F)c(CC3(C(=O)O)CCN(Cc4cccc(Cl)c4F)CC3)n2)n[nH]1. The van der Waals surface area contributed by atoms with Crippen molar-refractivity contribution in [3.63, 3.8) is 0 Å². The third-order valence-electron chi connectivity index (χ3n) is 8.01. The van der Waals surface area contributed by atoms with E-state index in [2.05, 4.69) is 25.4 Å². The van der Waals surface area contributed by atoms with Crippen molar-refractivity contribution in [3.05, 3.63) is 63.9 Å². The molecule has 1 aromatic carbocycles. The molecule has 12 heteroatoms. The number of anilines is 3. The monoisotopic (exact) mass is 573 g/mol. The molecule has 5 rings (SSSR count). The molecule has 3 aromatic rings. The van der Waals surface area contributed by atoms with Gasteiger partial charge in [0.05, 0.1) is 21.8 Å².